The monoisotopic (exact) mass is 259 g/mol. The Bertz CT molecular complexity index is 167. The lowest BCUT2D eigenvalue weighted by molar-refractivity contribution is 0.126. The van der Waals surface area contributed by atoms with Gasteiger partial charge in [-0.3, -0.25) is 0 Å². The molecular formula is C15H33NS. The first-order valence-electron chi connectivity index (χ1n) is 7.40. The van der Waals surface area contributed by atoms with Gasteiger partial charge in [0.1, 0.15) is 0 Å². The van der Waals surface area contributed by atoms with Crippen molar-refractivity contribution < 1.29 is 0 Å². The predicted molar refractivity (Wildman–Crippen MR) is 83.1 cm³/mol. The van der Waals surface area contributed by atoms with E-state index in [2.05, 4.69) is 52.1 Å². The van der Waals surface area contributed by atoms with Crippen molar-refractivity contribution in [2.24, 2.45) is 5.41 Å². The Labute approximate surface area is 115 Å². The molecule has 0 aromatic carbocycles. The zero-order valence-corrected chi connectivity index (χ0v) is 13.5. The van der Waals surface area contributed by atoms with Crippen molar-refractivity contribution in [1.29, 1.82) is 0 Å². The highest BCUT2D eigenvalue weighted by atomic mass is 32.1. The zero-order valence-electron chi connectivity index (χ0n) is 12.6. The Kier molecular flexibility index (Phi) is 9.44. The third kappa shape index (κ3) is 6.15. The van der Waals surface area contributed by atoms with E-state index in [1.807, 2.05) is 0 Å². The molecule has 0 aliphatic rings. The smallest absolute Gasteiger partial charge is 0.00483 e. The third-order valence-electron chi connectivity index (χ3n) is 4.15. The van der Waals surface area contributed by atoms with Gasteiger partial charge in [-0.05, 0) is 50.8 Å². The molecule has 0 spiro atoms. The van der Waals surface area contributed by atoms with E-state index in [9.17, 15) is 0 Å². The van der Waals surface area contributed by atoms with E-state index in [1.165, 1.54) is 45.2 Å². The summed E-state index contributed by atoms with van der Waals surface area (Å²) in [5, 5.41) is 0. The molecule has 0 fully saturated rings. The average Bonchev–Trinajstić information content (AvgIpc) is 2.34. The van der Waals surface area contributed by atoms with Crippen LogP contribution in [0.3, 0.4) is 0 Å². The molecular weight excluding hydrogens is 226 g/mol. The van der Waals surface area contributed by atoms with E-state index in [0.717, 1.165) is 5.75 Å². The minimum Gasteiger partial charge on any atom is -0.300 e. The summed E-state index contributed by atoms with van der Waals surface area (Å²) in [6.07, 6.45) is 6.49. The van der Waals surface area contributed by atoms with Crippen LogP contribution in [0.5, 0.6) is 0 Å². The maximum atomic E-state index is 4.59. The largest absolute Gasteiger partial charge is 0.300 e. The third-order valence-corrected chi connectivity index (χ3v) is 4.82. The van der Waals surface area contributed by atoms with Gasteiger partial charge in [0.2, 0.25) is 0 Å². The van der Waals surface area contributed by atoms with Crippen molar-refractivity contribution in [3.8, 4) is 0 Å². The molecule has 0 N–H and O–H groups in total. The number of unbranched alkanes of at least 4 members (excludes halogenated alkanes) is 2. The Morgan fingerprint density at radius 3 is 2.00 bits per heavy atom. The molecule has 17 heavy (non-hydrogen) atoms. The summed E-state index contributed by atoms with van der Waals surface area (Å²) in [5.74, 6) is 1.01. The van der Waals surface area contributed by atoms with Crippen molar-refractivity contribution in [1.82, 2.24) is 4.90 Å². The molecule has 0 bridgehead atoms. The number of rotatable bonds is 10. The predicted octanol–water partition coefficient (Wildman–Crippen LogP) is 4.62. The first kappa shape index (κ1) is 17.3. The summed E-state index contributed by atoms with van der Waals surface area (Å²) in [4.78, 5) is 2.65. The van der Waals surface area contributed by atoms with E-state index in [1.54, 1.807) is 0 Å². The molecule has 2 heteroatoms. The molecule has 0 aromatic heterocycles. The van der Waals surface area contributed by atoms with Crippen LogP contribution in [0.4, 0.5) is 0 Å². The fraction of sp³-hybridized carbons (Fsp3) is 1.00. The second-order valence-corrected chi connectivity index (χ2v) is 5.95. The summed E-state index contributed by atoms with van der Waals surface area (Å²) >= 11 is 4.59. The van der Waals surface area contributed by atoms with Gasteiger partial charge in [0, 0.05) is 12.6 Å². The van der Waals surface area contributed by atoms with Crippen LogP contribution in [0.1, 0.15) is 66.7 Å². The molecule has 0 aliphatic carbocycles. The van der Waals surface area contributed by atoms with Gasteiger partial charge < -0.3 is 4.90 Å². The number of thiol groups is 1. The van der Waals surface area contributed by atoms with Gasteiger partial charge in [-0.2, -0.15) is 12.6 Å². The number of nitrogens with zero attached hydrogens (tertiary/aromatic N) is 1. The van der Waals surface area contributed by atoms with E-state index in [4.69, 9.17) is 0 Å². The maximum absolute atomic E-state index is 4.59. The van der Waals surface area contributed by atoms with Crippen LogP contribution >= 0.6 is 12.6 Å². The standard InChI is InChI=1S/C15H33NS/c1-6-9-10-11-16(14(4)5)12-15(7-2,8-3)13-17/h14,17H,6-13H2,1-5H3. The average molecular weight is 260 g/mol. The van der Waals surface area contributed by atoms with E-state index in [-0.39, 0.29) is 0 Å². The lowest BCUT2D eigenvalue weighted by Crippen LogP contribution is -2.42. The first-order chi connectivity index (χ1) is 8.05. The summed E-state index contributed by atoms with van der Waals surface area (Å²) in [6, 6.07) is 0.657. The van der Waals surface area contributed by atoms with E-state index >= 15 is 0 Å². The van der Waals surface area contributed by atoms with Crippen LogP contribution in [0.25, 0.3) is 0 Å². The number of hydrogen-bond donors (Lipinski definition) is 1. The molecule has 0 radical (unpaired) electrons. The van der Waals surface area contributed by atoms with E-state index in [0.29, 0.717) is 11.5 Å². The van der Waals surface area contributed by atoms with Crippen LogP contribution in [-0.2, 0) is 0 Å². The Morgan fingerprint density at radius 2 is 1.65 bits per heavy atom. The topological polar surface area (TPSA) is 3.24 Å². The van der Waals surface area contributed by atoms with Gasteiger partial charge in [0.15, 0.2) is 0 Å². The van der Waals surface area contributed by atoms with Crippen molar-refractivity contribution in [2.45, 2.75) is 72.8 Å². The normalized spacial score (nSPS) is 12.7. The van der Waals surface area contributed by atoms with Crippen LogP contribution in [0.2, 0.25) is 0 Å². The van der Waals surface area contributed by atoms with Crippen LogP contribution in [0.15, 0.2) is 0 Å². The van der Waals surface area contributed by atoms with Crippen molar-refractivity contribution in [3.05, 3.63) is 0 Å². The Morgan fingerprint density at radius 1 is 1.06 bits per heavy atom. The minimum absolute atomic E-state index is 0.416. The fourth-order valence-corrected chi connectivity index (χ4v) is 2.81. The minimum atomic E-state index is 0.416. The highest BCUT2D eigenvalue weighted by Gasteiger charge is 2.28. The summed E-state index contributed by atoms with van der Waals surface area (Å²) < 4.78 is 0. The molecule has 0 amide bonds. The van der Waals surface area contributed by atoms with Crippen molar-refractivity contribution in [3.63, 3.8) is 0 Å². The maximum Gasteiger partial charge on any atom is 0.00483 e. The Hall–Kier alpha value is 0.310. The van der Waals surface area contributed by atoms with Crippen molar-refractivity contribution in [2.75, 3.05) is 18.8 Å². The van der Waals surface area contributed by atoms with Crippen LogP contribution in [0, 0.1) is 5.41 Å². The fourth-order valence-electron chi connectivity index (χ4n) is 2.26. The molecule has 0 saturated carbocycles. The summed E-state index contributed by atoms with van der Waals surface area (Å²) in [5.41, 5.74) is 0.416. The molecule has 0 aromatic rings. The van der Waals surface area contributed by atoms with Gasteiger partial charge >= 0.3 is 0 Å². The molecule has 0 aliphatic heterocycles. The second-order valence-electron chi connectivity index (χ2n) is 5.64. The molecule has 0 unspecified atom stereocenters. The SMILES string of the molecule is CCCCCN(CC(CC)(CC)CS)C(C)C. The molecule has 0 atom stereocenters. The van der Waals surface area contributed by atoms with Crippen LogP contribution < -0.4 is 0 Å². The van der Waals surface area contributed by atoms with Gasteiger partial charge in [-0.1, -0.05) is 33.6 Å². The second kappa shape index (κ2) is 9.27. The molecule has 1 nitrogen and oxygen atoms in total. The first-order valence-corrected chi connectivity index (χ1v) is 8.03. The lowest BCUT2D eigenvalue weighted by Gasteiger charge is -2.38. The molecule has 0 rings (SSSR count). The van der Waals surface area contributed by atoms with Crippen LogP contribution in [-0.4, -0.2) is 29.8 Å². The highest BCUT2D eigenvalue weighted by molar-refractivity contribution is 7.80. The zero-order chi connectivity index (χ0) is 13.3. The molecule has 0 saturated heterocycles. The van der Waals surface area contributed by atoms with E-state index < -0.39 is 0 Å². The molecule has 104 valence electrons. The summed E-state index contributed by atoms with van der Waals surface area (Å²) in [6.45, 7) is 14.0. The van der Waals surface area contributed by atoms with Gasteiger partial charge in [0.25, 0.3) is 0 Å². The number of hydrogen-bond acceptors (Lipinski definition) is 2. The van der Waals surface area contributed by atoms with Crippen molar-refractivity contribution >= 4 is 12.6 Å². The summed E-state index contributed by atoms with van der Waals surface area (Å²) in [7, 11) is 0. The lowest BCUT2D eigenvalue weighted by atomic mass is 9.83. The highest BCUT2D eigenvalue weighted by Crippen LogP contribution is 2.29. The van der Waals surface area contributed by atoms with Gasteiger partial charge in [-0.25, -0.2) is 0 Å². The molecule has 0 heterocycles. The van der Waals surface area contributed by atoms with Gasteiger partial charge in [0.05, 0.1) is 0 Å². The van der Waals surface area contributed by atoms with Gasteiger partial charge in [-0.15, -0.1) is 0 Å². The quantitative estimate of drug-likeness (QED) is 0.442. The Balaban J connectivity index is 4.39.